The number of carboxylic acids is 1. The fraction of sp³-hybridized carbons (Fsp3) is 0.182. The van der Waals surface area contributed by atoms with Crippen molar-refractivity contribution in [2.24, 2.45) is 0 Å². The van der Waals surface area contributed by atoms with Crippen LogP contribution in [0.5, 0.6) is 0 Å². The molecule has 0 unspecified atom stereocenters. The number of aryl methyl sites for hydroxylation is 2. The highest BCUT2D eigenvalue weighted by Crippen LogP contribution is 2.24. The predicted octanol–water partition coefficient (Wildman–Crippen LogP) is 4.84. The van der Waals surface area contributed by atoms with Crippen LogP contribution in [0, 0.1) is 0 Å². The van der Waals surface area contributed by atoms with E-state index in [0.29, 0.717) is 17.6 Å². The van der Waals surface area contributed by atoms with Crippen LogP contribution in [0.1, 0.15) is 38.7 Å². The highest BCUT2D eigenvalue weighted by Gasteiger charge is 2.11. The third-order valence-corrected chi connectivity index (χ3v) is 4.65. The molecule has 4 rings (SSSR count). The van der Waals surface area contributed by atoms with Crippen LogP contribution in [-0.4, -0.2) is 24.2 Å². The van der Waals surface area contributed by atoms with Crippen LogP contribution in [0.3, 0.4) is 0 Å². The van der Waals surface area contributed by atoms with Crippen LogP contribution in [0.2, 0.25) is 0 Å². The lowest BCUT2D eigenvalue weighted by Gasteiger charge is -1.97. The standard InChI is InChI=1S/C22H18O6/c1-26-22(25)14-6-8-20-16(10-14)12-18(28-20)4-2-3-17-11-15-9-13(21(23)24)5-7-19(15)27-17/h5-12H,2-4H2,1H3,(H,23,24). The largest absolute Gasteiger partial charge is 0.478 e. The minimum Gasteiger partial charge on any atom is -0.478 e. The van der Waals surface area contributed by atoms with Crippen molar-refractivity contribution in [3.63, 3.8) is 0 Å². The number of fused-ring (bicyclic) bond motifs is 2. The monoisotopic (exact) mass is 378 g/mol. The second-order valence-electron chi connectivity index (χ2n) is 6.58. The number of carboxylic acid groups (broad SMARTS) is 1. The fourth-order valence-corrected chi connectivity index (χ4v) is 3.26. The molecule has 4 aromatic rings. The van der Waals surface area contributed by atoms with Gasteiger partial charge in [0.05, 0.1) is 18.2 Å². The van der Waals surface area contributed by atoms with Crippen LogP contribution in [0.25, 0.3) is 21.9 Å². The van der Waals surface area contributed by atoms with Crippen LogP contribution >= 0.6 is 0 Å². The number of methoxy groups -OCH3 is 1. The lowest BCUT2D eigenvalue weighted by atomic mass is 10.1. The third kappa shape index (κ3) is 3.49. The van der Waals surface area contributed by atoms with E-state index in [2.05, 4.69) is 0 Å². The highest BCUT2D eigenvalue weighted by atomic mass is 16.5. The Kier molecular flexibility index (Phi) is 4.61. The van der Waals surface area contributed by atoms with Crippen LogP contribution in [0.4, 0.5) is 0 Å². The van der Waals surface area contributed by atoms with E-state index in [1.54, 1.807) is 30.3 Å². The van der Waals surface area contributed by atoms with Gasteiger partial charge in [-0.05, 0) is 55.0 Å². The van der Waals surface area contributed by atoms with Crippen molar-refractivity contribution in [2.45, 2.75) is 19.3 Å². The molecule has 28 heavy (non-hydrogen) atoms. The second kappa shape index (κ2) is 7.23. The number of hydrogen-bond acceptors (Lipinski definition) is 5. The van der Waals surface area contributed by atoms with Gasteiger partial charge in [0.2, 0.25) is 0 Å². The van der Waals surface area contributed by atoms with E-state index in [-0.39, 0.29) is 11.5 Å². The van der Waals surface area contributed by atoms with Gasteiger partial charge in [-0.3, -0.25) is 0 Å². The summed E-state index contributed by atoms with van der Waals surface area (Å²) in [6.45, 7) is 0. The molecule has 6 heteroatoms. The minimum absolute atomic E-state index is 0.244. The Morgan fingerprint density at radius 1 is 0.857 bits per heavy atom. The summed E-state index contributed by atoms with van der Waals surface area (Å²) < 4.78 is 16.3. The highest BCUT2D eigenvalue weighted by molar-refractivity contribution is 5.94. The molecule has 2 aromatic heterocycles. The average molecular weight is 378 g/mol. The zero-order valence-corrected chi connectivity index (χ0v) is 15.2. The predicted molar refractivity (Wildman–Crippen MR) is 103 cm³/mol. The Morgan fingerprint density at radius 2 is 1.39 bits per heavy atom. The lowest BCUT2D eigenvalue weighted by Crippen LogP contribution is -1.99. The maximum absolute atomic E-state index is 11.6. The van der Waals surface area contributed by atoms with Gasteiger partial charge in [0.25, 0.3) is 0 Å². The molecular formula is C22H18O6. The van der Waals surface area contributed by atoms with Crippen molar-refractivity contribution in [1.82, 2.24) is 0 Å². The number of rotatable bonds is 6. The first-order valence-corrected chi connectivity index (χ1v) is 8.90. The summed E-state index contributed by atoms with van der Waals surface area (Å²) >= 11 is 0. The SMILES string of the molecule is COC(=O)c1ccc2oc(CCCc3cc4cc(C(=O)O)ccc4o3)cc2c1. The Morgan fingerprint density at radius 3 is 1.93 bits per heavy atom. The molecule has 0 saturated heterocycles. The summed E-state index contributed by atoms with van der Waals surface area (Å²) in [4.78, 5) is 22.7. The van der Waals surface area contributed by atoms with E-state index in [0.717, 1.165) is 40.7 Å². The van der Waals surface area contributed by atoms with Crippen LogP contribution in [-0.2, 0) is 17.6 Å². The zero-order chi connectivity index (χ0) is 19.7. The molecule has 0 radical (unpaired) electrons. The average Bonchev–Trinajstić information content (AvgIpc) is 3.28. The fourth-order valence-electron chi connectivity index (χ4n) is 3.26. The van der Waals surface area contributed by atoms with Crippen LogP contribution in [0.15, 0.2) is 57.4 Å². The molecule has 0 aliphatic heterocycles. The van der Waals surface area contributed by atoms with E-state index < -0.39 is 5.97 Å². The summed E-state index contributed by atoms with van der Waals surface area (Å²) in [6, 6.07) is 13.8. The number of furan rings is 2. The van der Waals surface area contributed by atoms with Crippen molar-refractivity contribution in [1.29, 1.82) is 0 Å². The lowest BCUT2D eigenvalue weighted by molar-refractivity contribution is 0.0600. The van der Waals surface area contributed by atoms with E-state index in [1.165, 1.54) is 13.2 Å². The third-order valence-electron chi connectivity index (χ3n) is 4.65. The number of hydrogen-bond donors (Lipinski definition) is 1. The van der Waals surface area contributed by atoms with E-state index in [4.69, 9.17) is 18.7 Å². The normalized spacial score (nSPS) is 11.2. The smallest absolute Gasteiger partial charge is 0.337 e. The van der Waals surface area contributed by atoms with Gasteiger partial charge in [-0.1, -0.05) is 0 Å². The molecule has 0 fully saturated rings. The van der Waals surface area contributed by atoms with Crippen LogP contribution < -0.4 is 0 Å². The molecule has 142 valence electrons. The number of carbonyl (C=O) groups excluding carboxylic acids is 1. The molecule has 0 saturated carbocycles. The number of ether oxygens (including phenoxy) is 1. The summed E-state index contributed by atoms with van der Waals surface area (Å²) in [5.74, 6) is 0.313. The number of benzene rings is 2. The Labute approximate surface area is 160 Å². The van der Waals surface area contributed by atoms with E-state index in [9.17, 15) is 9.59 Å². The molecule has 2 aromatic carbocycles. The summed E-state index contributed by atoms with van der Waals surface area (Å²) in [5, 5.41) is 10.7. The van der Waals surface area contributed by atoms with Crippen molar-refractivity contribution >= 4 is 33.9 Å². The maximum atomic E-state index is 11.6. The number of aromatic carboxylic acids is 1. The van der Waals surface area contributed by atoms with E-state index >= 15 is 0 Å². The first kappa shape index (κ1) is 17.9. The van der Waals surface area contributed by atoms with Crippen molar-refractivity contribution in [2.75, 3.05) is 7.11 Å². The number of esters is 1. The molecule has 2 heterocycles. The van der Waals surface area contributed by atoms with Crippen molar-refractivity contribution < 1.29 is 28.3 Å². The number of carbonyl (C=O) groups is 2. The summed E-state index contributed by atoms with van der Waals surface area (Å²) in [5.41, 5.74) is 2.14. The van der Waals surface area contributed by atoms with Gasteiger partial charge in [-0.2, -0.15) is 0 Å². The molecule has 0 spiro atoms. The quantitative estimate of drug-likeness (QED) is 0.483. The molecule has 0 amide bonds. The molecular weight excluding hydrogens is 360 g/mol. The molecule has 0 aliphatic carbocycles. The topological polar surface area (TPSA) is 89.9 Å². The Balaban J connectivity index is 1.44. The van der Waals surface area contributed by atoms with Gasteiger partial charge in [0.1, 0.15) is 22.7 Å². The Hall–Kier alpha value is -3.54. The molecule has 1 N–H and O–H groups in total. The molecule has 0 atom stereocenters. The summed E-state index contributed by atoms with van der Waals surface area (Å²) in [7, 11) is 1.36. The minimum atomic E-state index is -0.954. The first-order valence-electron chi connectivity index (χ1n) is 8.90. The van der Waals surface area contributed by atoms with Gasteiger partial charge in [0, 0.05) is 23.6 Å². The first-order chi connectivity index (χ1) is 13.5. The molecule has 0 bridgehead atoms. The Bertz CT molecular complexity index is 1180. The zero-order valence-electron chi connectivity index (χ0n) is 15.2. The summed E-state index contributed by atoms with van der Waals surface area (Å²) in [6.07, 6.45) is 2.25. The second-order valence-corrected chi connectivity index (χ2v) is 6.58. The van der Waals surface area contributed by atoms with Crippen molar-refractivity contribution in [3.8, 4) is 0 Å². The van der Waals surface area contributed by atoms with Gasteiger partial charge in [-0.15, -0.1) is 0 Å². The van der Waals surface area contributed by atoms with Gasteiger partial charge in [0.15, 0.2) is 0 Å². The molecule has 0 aliphatic rings. The van der Waals surface area contributed by atoms with Gasteiger partial charge >= 0.3 is 11.9 Å². The van der Waals surface area contributed by atoms with Gasteiger partial charge in [-0.25, -0.2) is 9.59 Å². The maximum Gasteiger partial charge on any atom is 0.337 e. The molecule has 6 nitrogen and oxygen atoms in total. The van der Waals surface area contributed by atoms with Crippen molar-refractivity contribution in [3.05, 3.63) is 71.2 Å². The van der Waals surface area contributed by atoms with Gasteiger partial charge < -0.3 is 18.7 Å². The van der Waals surface area contributed by atoms with E-state index in [1.807, 2.05) is 12.1 Å².